The predicted octanol–water partition coefficient (Wildman–Crippen LogP) is 3.41. The molecule has 0 unspecified atom stereocenters. The van der Waals surface area contributed by atoms with Crippen LogP contribution in [-0.2, 0) is 4.79 Å². The Morgan fingerprint density at radius 1 is 1.10 bits per heavy atom. The van der Waals surface area contributed by atoms with Gasteiger partial charge in [-0.2, -0.15) is 0 Å². The number of hydrogen-bond acceptors (Lipinski definition) is 4. The van der Waals surface area contributed by atoms with Crippen LogP contribution >= 0.6 is 0 Å². The number of fused-ring (bicyclic) bond motifs is 1. The molecule has 0 aliphatic carbocycles. The Morgan fingerprint density at radius 3 is 2.55 bits per heavy atom. The number of nitrogens with one attached hydrogen (secondary N) is 1. The van der Waals surface area contributed by atoms with E-state index in [0.29, 0.717) is 5.69 Å². The van der Waals surface area contributed by atoms with E-state index in [-0.39, 0.29) is 29.4 Å². The number of anilines is 1. The van der Waals surface area contributed by atoms with E-state index in [0.717, 1.165) is 10.9 Å². The van der Waals surface area contributed by atoms with Crippen LogP contribution in [0.1, 0.15) is 25.5 Å². The van der Waals surface area contributed by atoms with E-state index in [1.54, 1.807) is 0 Å². The zero-order chi connectivity index (χ0) is 21.0. The molecule has 0 saturated heterocycles. The molecule has 150 valence electrons. The molecule has 0 heterocycles. The van der Waals surface area contributed by atoms with E-state index in [1.165, 1.54) is 30.7 Å². The summed E-state index contributed by atoms with van der Waals surface area (Å²) < 4.78 is 5.19. The topological polar surface area (TPSA) is 98.1 Å². The maximum atomic E-state index is 12.7. The molecule has 3 rings (SSSR count). The van der Waals surface area contributed by atoms with E-state index in [4.69, 9.17) is 4.74 Å². The van der Waals surface area contributed by atoms with Crippen LogP contribution < -0.4 is 15.4 Å². The zero-order valence-corrected chi connectivity index (χ0v) is 16.6. The van der Waals surface area contributed by atoms with E-state index >= 15 is 0 Å². The number of nitro benzene ring substituents is 1. The normalized spacial score (nSPS) is 12.9. The maximum absolute atomic E-state index is 12.7. The molecular formula is C22H24N3O4+. The predicted molar refractivity (Wildman–Crippen MR) is 112 cm³/mol. The Hall–Kier alpha value is -3.45. The molecule has 0 saturated carbocycles. The SMILES string of the molecule is COc1cc([N+](=O)[O-])ccc1NC(=O)[C@H](C)[NH2+][C@@H](C)c1cccc2ccccc12. The molecule has 0 radical (unpaired) electrons. The number of non-ortho nitro benzene ring substituents is 1. The highest BCUT2D eigenvalue weighted by Gasteiger charge is 2.23. The van der Waals surface area contributed by atoms with Crippen molar-refractivity contribution in [1.82, 2.24) is 0 Å². The molecule has 0 aliphatic heterocycles. The molecule has 7 nitrogen and oxygen atoms in total. The van der Waals surface area contributed by atoms with Gasteiger partial charge in [-0.05, 0) is 30.7 Å². The minimum atomic E-state index is -0.504. The standard InChI is InChI=1S/C22H23N3O4/c1-14(18-10-6-8-16-7-4-5-9-19(16)18)23-15(2)22(26)24-20-12-11-17(25(27)28)13-21(20)29-3/h4-15,23H,1-3H3,(H,24,26)/p+1/t14-,15-/m0/s1. The first kappa shape index (κ1) is 20.3. The van der Waals surface area contributed by atoms with Gasteiger partial charge in [0, 0.05) is 11.6 Å². The quantitative estimate of drug-likeness (QED) is 0.474. The highest BCUT2D eigenvalue weighted by atomic mass is 16.6. The van der Waals surface area contributed by atoms with Crippen LogP contribution in [0.25, 0.3) is 10.8 Å². The first-order valence-electron chi connectivity index (χ1n) is 9.36. The molecule has 1 amide bonds. The van der Waals surface area contributed by atoms with Crippen molar-refractivity contribution in [3.8, 4) is 5.75 Å². The summed E-state index contributed by atoms with van der Waals surface area (Å²) in [4.78, 5) is 23.1. The van der Waals surface area contributed by atoms with Gasteiger partial charge in [-0.1, -0.05) is 42.5 Å². The van der Waals surface area contributed by atoms with Crippen LogP contribution in [0.2, 0.25) is 0 Å². The zero-order valence-electron chi connectivity index (χ0n) is 16.6. The monoisotopic (exact) mass is 394 g/mol. The van der Waals surface area contributed by atoms with E-state index in [2.05, 4.69) is 36.5 Å². The average molecular weight is 394 g/mol. The summed E-state index contributed by atoms with van der Waals surface area (Å²) in [5.41, 5.74) is 1.47. The minimum Gasteiger partial charge on any atom is -0.494 e. The number of hydrogen-bond donors (Lipinski definition) is 2. The number of benzene rings is 3. The van der Waals surface area contributed by atoms with Gasteiger partial charge in [-0.25, -0.2) is 0 Å². The van der Waals surface area contributed by atoms with E-state index in [1.807, 2.05) is 30.4 Å². The van der Waals surface area contributed by atoms with Crippen LogP contribution in [0.3, 0.4) is 0 Å². The van der Waals surface area contributed by atoms with Gasteiger partial charge in [-0.3, -0.25) is 14.9 Å². The molecule has 7 heteroatoms. The molecule has 0 aliphatic rings. The van der Waals surface area contributed by atoms with Gasteiger partial charge < -0.3 is 15.4 Å². The van der Waals surface area contributed by atoms with Crippen LogP contribution in [0, 0.1) is 10.1 Å². The summed E-state index contributed by atoms with van der Waals surface area (Å²) in [6.07, 6.45) is 0. The van der Waals surface area contributed by atoms with Crippen molar-refractivity contribution < 1.29 is 19.8 Å². The Kier molecular flexibility index (Phi) is 6.09. The highest BCUT2D eigenvalue weighted by molar-refractivity contribution is 5.95. The third-order valence-corrected chi connectivity index (χ3v) is 4.96. The highest BCUT2D eigenvalue weighted by Crippen LogP contribution is 2.29. The van der Waals surface area contributed by atoms with E-state index in [9.17, 15) is 14.9 Å². The fraction of sp³-hybridized carbons (Fsp3) is 0.227. The van der Waals surface area contributed by atoms with Gasteiger partial charge in [0.15, 0.2) is 6.04 Å². The van der Waals surface area contributed by atoms with Crippen molar-refractivity contribution in [2.24, 2.45) is 0 Å². The van der Waals surface area contributed by atoms with Crippen LogP contribution in [0.5, 0.6) is 5.75 Å². The maximum Gasteiger partial charge on any atom is 0.282 e. The lowest BCUT2D eigenvalue weighted by atomic mass is 9.99. The van der Waals surface area contributed by atoms with Crippen molar-refractivity contribution in [3.05, 3.63) is 76.3 Å². The second kappa shape index (κ2) is 8.70. The Morgan fingerprint density at radius 2 is 1.83 bits per heavy atom. The van der Waals surface area contributed by atoms with Crippen LogP contribution in [0.15, 0.2) is 60.7 Å². The number of rotatable bonds is 7. The molecule has 3 aromatic rings. The molecule has 0 aromatic heterocycles. The van der Waals surface area contributed by atoms with Gasteiger partial charge in [0.2, 0.25) is 0 Å². The third kappa shape index (κ3) is 4.52. The number of amides is 1. The van der Waals surface area contributed by atoms with Crippen molar-refractivity contribution >= 4 is 28.1 Å². The van der Waals surface area contributed by atoms with Crippen LogP contribution in [0.4, 0.5) is 11.4 Å². The minimum absolute atomic E-state index is 0.0700. The fourth-order valence-corrected chi connectivity index (χ4v) is 3.41. The Bertz CT molecular complexity index is 1050. The lowest BCUT2D eigenvalue weighted by Gasteiger charge is -2.19. The first-order chi connectivity index (χ1) is 13.9. The lowest BCUT2D eigenvalue weighted by Crippen LogP contribution is -2.91. The molecule has 3 aromatic carbocycles. The summed E-state index contributed by atoms with van der Waals surface area (Å²) in [6.45, 7) is 3.90. The lowest BCUT2D eigenvalue weighted by molar-refractivity contribution is -0.709. The van der Waals surface area contributed by atoms with Gasteiger partial charge in [0.1, 0.15) is 11.8 Å². The second-order valence-electron chi connectivity index (χ2n) is 6.97. The van der Waals surface area contributed by atoms with Crippen molar-refractivity contribution in [3.63, 3.8) is 0 Å². The molecular weight excluding hydrogens is 370 g/mol. The third-order valence-electron chi connectivity index (χ3n) is 4.96. The summed E-state index contributed by atoms with van der Waals surface area (Å²) in [5.74, 6) is 0.0473. The number of quaternary nitrogens is 1. The van der Waals surface area contributed by atoms with Gasteiger partial charge >= 0.3 is 0 Å². The molecule has 2 atom stereocenters. The van der Waals surface area contributed by atoms with Crippen LogP contribution in [-0.4, -0.2) is 24.0 Å². The largest absolute Gasteiger partial charge is 0.494 e. The summed E-state index contributed by atoms with van der Waals surface area (Å²) >= 11 is 0. The second-order valence-corrected chi connectivity index (χ2v) is 6.97. The van der Waals surface area contributed by atoms with Gasteiger partial charge in [0.05, 0.1) is 23.8 Å². The molecule has 3 N–H and O–H groups in total. The van der Waals surface area contributed by atoms with Crippen molar-refractivity contribution in [2.75, 3.05) is 12.4 Å². The first-order valence-corrected chi connectivity index (χ1v) is 9.36. The summed E-state index contributed by atoms with van der Waals surface area (Å²) in [5, 5.41) is 18.1. The summed E-state index contributed by atoms with van der Waals surface area (Å²) in [6, 6.07) is 18.2. The van der Waals surface area contributed by atoms with Crippen molar-refractivity contribution in [1.29, 1.82) is 0 Å². The number of nitrogens with zero attached hydrogens (tertiary/aromatic N) is 1. The molecule has 0 spiro atoms. The number of carbonyl (C=O) groups excluding carboxylic acids is 1. The summed E-state index contributed by atoms with van der Waals surface area (Å²) in [7, 11) is 1.41. The number of ether oxygens (including phenoxy) is 1. The smallest absolute Gasteiger partial charge is 0.282 e. The number of carbonyl (C=O) groups is 1. The molecule has 29 heavy (non-hydrogen) atoms. The van der Waals surface area contributed by atoms with Gasteiger partial charge in [-0.15, -0.1) is 0 Å². The number of methoxy groups -OCH3 is 1. The van der Waals surface area contributed by atoms with E-state index < -0.39 is 4.92 Å². The number of nitrogens with two attached hydrogens (primary N) is 1. The molecule has 0 bridgehead atoms. The Labute approximate surface area is 168 Å². The van der Waals surface area contributed by atoms with Gasteiger partial charge in [0.25, 0.3) is 11.6 Å². The average Bonchev–Trinajstić information content (AvgIpc) is 2.73. The van der Waals surface area contributed by atoms with Crippen molar-refractivity contribution in [2.45, 2.75) is 25.9 Å². The molecule has 0 fully saturated rings. The fourth-order valence-electron chi connectivity index (χ4n) is 3.41. The number of nitro groups is 1. The Balaban J connectivity index is 1.73.